The lowest BCUT2D eigenvalue weighted by atomic mass is 10.2. The number of benzene rings is 1. The van der Waals surface area contributed by atoms with Crippen molar-refractivity contribution < 1.29 is 14.3 Å². The first-order valence-electron chi connectivity index (χ1n) is 7.33. The summed E-state index contributed by atoms with van der Waals surface area (Å²) in [6.45, 7) is 0. The Morgan fingerprint density at radius 2 is 2.04 bits per heavy atom. The van der Waals surface area contributed by atoms with E-state index in [1.807, 2.05) is 0 Å². The molecule has 0 spiro atoms. The van der Waals surface area contributed by atoms with Crippen LogP contribution in [0.2, 0.25) is 0 Å². The number of aromatic nitrogens is 1. The minimum absolute atomic E-state index is 0.0224. The van der Waals surface area contributed by atoms with Gasteiger partial charge >= 0.3 is 0 Å². The van der Waals surface area contributed by atoms with Crippen LogP contribution in [0.15, 0.2) is 29.6 Å². The number of amides is 2. The fraction of sp³-hybridized carbons (Fsp3) is 0.312. The molecule has 120 valence electrons. The second kappa shape index (κ2) is 6.78. The van der Waals surface area contributed by atoms with Crippen molar-refractivity contribution in [1.29, 1.82) is 0 Å². The lowest BCUT2D eigenvalue weighted by molar-refractivity contribution is -0.120. The van der Waals surface area contributed by atoms with Gasteiger partial charge in [0, 0.05) is 17.0 Å². The fourth-order valence-corrected chi connectivity index (χ4v) is 2.73. The third kappa shape index (κ3) is 4.29. The molecule has 7 heteroatoms. The highest BCUT2D eigenvalue weighted by atomic mass is 32.1. The number of anilines is 1. The molecule has 1 fully saturated rings. The third-order valence-corrected chi connectivity index (χ3v) is 4.22. The molecule has 2 aromatic rings. The van der Waals surface area contributed by atoms with Crippen molar-refractivity contribution in [1.82, 2.24) is 10.3 Å². The maximum Gasteiger partial charge on any atom is 0.257 e. The van der Waals surface area contributed by atoms with Gasteiger partial charge in [-0.15, -0.1) is 11.3 Å². The van der Waals surface area contributed by atoms with Crippen LogP contribution in [0.3, 0.4) is 0 Å². The van der Waals surface area contributed by atoms with Crippen LogP contribution in [-0.4, -0.2) is 29.9 Å². The van der Waals surface area contributed by atoms with Crippen LogP contribution in [-0.2, 0) is 11.2 Å². The third-order valence-electron chi connectivity index (χ3n) is 3.41. The molecule has 1 aromatic heterocycles. The van der Waals surface area contributed by atoms with Crippen LogP contribution in [0, 0.1) is 0 Å². The van der Waals surface area contributed by atoms with Crippen LogP contribution in [0.1, 0.15) is 28.9 Å². The van der Waals surface area contributed by atoms with Crippen LogP contribution in [0.4, 0.5) is 5.13 Å². The van der Waals surface area contributed by atoms with E-state index in [0.29, 0.717) is 28.2 Å². The molecule has 0 bridgehead atoms. The summed E-state index contributed by atoms with van der Waals surface area (Å²) in [4.78, 5) is 28.1. The Hall–Kier alpha value is -2.41. The van der Waals surface area contributed by atoms with Crippen LogP contribution >= 0.6 is 11.3 Å². The number of carbonyl (C=O) groups excluding carboxylic acids is 2. The van der Waals surface area contributed by atoms with E-state index in [2.05, 4.69) is 15.6 Å². The minimum Gasteiger partial charge on any atom is -0.497 e. The normalized spacial score (nSPS) is 13.4. The molecule has 0 radical (unpaired) electrons. The summed E-state index contributed by atoms with van der Waals surface area (Å²) in [6.07, 6.45) is 2.36. The number of thiazole rings is 1. The minimum atomic E-state index is -0.240. The molecule has 0 atom stereocenters. The highest BCUT2D eigenvalue weighted by Crippen LogP contribution is 2.20. The molecule has 1 heterocycles. The standard InChI is InChI=1S/C16H17N3O3S/c1-22-13-6-2-10(3-7-13)15(21)19-16-18-12(9-23-16)8-14(20)17-11-4-5-11/h2-3,6-7,9,11H,4-5,8H2,1H3,(H,17,20)(H,18,19,21). The second-order valence-corrected chi connectivity index (χ2v) is 6.20. The molecule has 1 aliphatic rings. The van der Waals surface area contributed by atoms with Crippen LogP contribution in [0.25, 0.3) is 0 Å². The largest absolute Gasteiger partial charge is 0.497 e. The van der Waals surface area contributed by atoms with Gasteiger partial charge in [0.1, 0.15) is 5.75 Å². The number of rotatable bonds is 6. The van der Waals surface area contributed by atoms with Gasteiger partial charge in [-0.2, -0.15) is 0 Å². The number of ether oxygens (including phenoxy) is 1. The summed E-state index contributed by atoms with van der Waals surface area (Å²) in [5.74, 6) is 0.432. The maximum atomic E-state index is 12.1. The molecule has 1 saturated carbocycles. The number of carbonyl (C=O) groups is 2. The topological polar surface area (TPSA) is 80.3 Å². The van der Waals surface area contributed by atoms with Crippen molar-refractivity contribution in [3.63, 3.8) is 0 Å². The zero-order valence-corrected chi connectivity index (χ0v) is 13.5. The SMILES string of the molecule is COc1ccc(C(=O)Nc2nc(CC(=O)NC3CC3)cs2)cc1. The van der Waals surface area contributed by atoms with E-state index in [1.54, 1.807) is 36.8 Å². The van der Waals surface area contributed by atoms with E-state index < -0.39 is 0 Å². The predicted molar refractivity (Wildman–Crippen MR) is 87.9 cm³/mol. The molecule has 6 nitrogen and oxygen atoms in total. The summed E-state index contributed by atoms with van der Waals surface area (Å²) in [5, 5.41) is 7.93. The molecule has 2 amide bonds. The zero-order valence-electron chi connectivity index (χ0n) is 12.7. The zero-order chi connectivity index (χ0) is 16.2. The number of hydrogen-bond donors (Lipinski definition) is 2. The van der Waals surface area contributed by atoms with Crippen molar-refractivity contribution in [2.75, 3.05) is 12.4 Å². The van der Waals surface area contributed by atoms with Gasteiger partial charge < -0.3 is 10.1 Å². The average Bonchev–Trinajstić information content (AvgIpc) is 3.26. The van der Waals surface area contributed by atoms with E-state index in [-0.39, 0.29) is 18.2 Å². The van der Waals surface area contributed by atoms with E-state index >= 15 is 0 Å². The van der Waals surface area contributed by atoms with Gasteiger partial charge in [0.05, 0.1) is 19.2 Å². The smallest absolute Gasteiger partial charge is 0.257 e. The number of methoxy groups -OCH3 is 1. The van der Waals surface area contributed by atoms with Gasteiger partial charge in [0.2, 0.25) is 5.91 Å². The van der Waals surface area contributed by atoms with Crippen molar-refractivity contribution in [3.05, 3.63) is 40.9 Å². The van der Waals surface area contributed by atoms with Gasteiger partial charge in [-0.3, -0.25) is 14.9 Å². The Balaban J connectivity index is 1.56. The van der Waals surface area contributed by atoms with Gasteiger partial charge in [0.25, 0.3) is 5.91 Å². The highest BCUT2D eigenvalue weighted by molar-refractivity contribution is 7.14. The van der Waals surface area contributed by atoms with E-state index in [1.165, 1.54) is 11.3 Å². The molecule has 1 aromatic carbocycles. The number of nitrogens with one attached hydrogen (secondary N) is 2. The van der Waals surface area contributed by atoms with Crippen molar-refractivity contribution >= 4 is 28.3 Å². The molecule has 2 N–H and O–H groups in total. The molecule has 0 aliphatic heterocycles. The fourth-order valence-electron chi connectivity index (χ4n) is 2.03. The van der Waals surface area contributed by atoms with E-state index in [0.717, 1.165) is 12.8 Å². The molecule has 0 unspecified atom stereocenters. The average molecular weight is 331 g/mol. The molecule has 3 rings (SSSR count). The lowest BCUT2D eigenvalue weighted by Gasteiger charge is -2.03. The summed E-state index contributed by atoms with van der Waals surface area (Å²) in [6, 6.07) is 7.17. The van der Waals surface area contributed by atoms with Crippen LogP contribution in [0.5, 0.6) is 5.75 Å². The Kier molecular flexibility index (Phi) is 4.57. The quantitative estimate of drug-likeness (QED) is 0.850. The Morgan fingerprint density at radius 1 is 1.30 bits per heavy atom. The van der Waals surface area contributed by atoms with Gasteiger partial charge in [-0.1, -0.05) is 0 Å². The van der Waals surface area contributed by atoms with Crippen molar-refractivity contribution in [2.45, 2.75) is 25.3 Å². The summed E-state index contributed by atoms with van der Waals surface area (Å²) in [7, 11) is 1.57. The number of nitrogens with zero attached hydrogens (tertiary/aromatic N) is 1. The maximum absolute atomic E-state index is 12.1. The number of hydrogen-bond acceptors (Lipinski definition) is 5. The van der Waals surface area contributed by atoms with Gasteiger partial charge in [-0.05, 0) is 37.1 Å². The monoisotopic (exact) mass is 331 g/mol. The molecule has 1 aliphatic carbocycles. The van der Waals surface area contributed by atoms with Gasteiger partial charge in [-0.25, -0.2) is 4.98 Å². The Morgan fingerprint density at radius 3 is 2.70 bits per heavy atom. The molecular weight excluding hydrogens is 314 g/mol. The first-order chi connectivity index (χ1) is 11.1. The van der Waals surface area contributed by atoms with Crippen molar-refractivity contribution in [2.24, 2.45) is 0 Å². The Labute approximate surface area is 137 Å². The molecule has 23 heavy (non-hydrogen) atoms. The second-order valence-electron chi connectivity index (χ2n) is 5.35. The first kappa shape index (κ1) is 15.5. The molecular formula is C16H17N3O3S. The molecule has 0 saturated heterocycles. The first-order valence-corrected chi connectivity index (χ1v) is 8.21. The summed E-state index contributed by atoms with van der Waals surface area (Å²) < 4.78 is 5.06. The van der Waals surface area contributed by atoms with Crippen molar-refractivity contribution in [3.8, 4) is 5.75 Å². The lowest BCUT2D eigenvalue weighted by Crippen LogP contribution is -2.27. The van der Waals surface area contributed by atoms with Crippen LogP contribution < -0.4 is 15.4 Å². The Bertz CT molecular complexity index is 708. The highest BCUT2D eigenvalue weighted by Gasteiger charge is 2.23. The summed E-state index contributed by atoms with van der Waals surface area (Å²) >= 11 is 1.31. The van der Waals surface area contributed by atoms with E-state index in [4.69, 9.17) is 4.74 Å². The predicted octanol–water partition coefficient (Wildman–Crippen LogP) is 2.23. The van der Waals surface area contributed by atoms with Gasteiger partial charge in [0.15, 0.2) is 5.13 Å². The summed E-state index contributed by atoms with van der Waals surface area (Å²) in [5.41, 5.74) is 1.19. The van der Waals surface area contributed by atoms with E-state index in [9.17, 15) is 9.59 Å².